The van der Waals surface area contributed by atoms with Gasteiger partial charge in [-0.05, 0) is 47.2 Å². The molecule has 1 saturated heterocycles. The van der Waals surface area contributed by atoms with E-state index in [1.165, 1.54) is 17.7 Å². The molecule has 0 aromatic heterocycles. The standard InChI is InChI=1S/C27H36F2N2O2/c1-18(2)13-31(27(32)19(3)4)16-22-15-30(14-20-9-10-25(28)26(29)11-20)17-24(22)21-7-6-8-23(12-21)33-5/h6-12,18-19,22,24H,13-17H2,1-5H3. The molecule has 0 spiro atoms. The van der Waals surface area contributed by atoms with Crippen molar-refractivity contribution in [1.29, 1.82) is 0 Å². The molecule has 0 bridgehead atoms. The Morgan fingerprint density at radius 2 is 1.85 bits per heavy atom. The van der Waals surface area contributed by atoms with E-state index < -0.39 is 11.6 Å². The number of amides is 1. The van der Waals surface area contributed by atoms with Crippen molar-refractivity contribution in [2.24, 2.45) is 17.8 Å². The molecule has 180 valence electrons. The molecule has 0 N–H and O–H groups in total. The zero-order valence-corrected chi connectivity index (χ0v) is 20.4. The summed E-state index contributed by atoms with van der Waals surface area (Å²) in [5, 5.41) is 0. The fraction of sp³-hybridized carbons (Fsp3) is 0.519. The van der Waals surface area contributed by atoms with Crippen LogP contribution in [0.1, 0.15) is 44.7 Å². The molecule has 1 fully saturated rings. The van der Waals surface area contributed by atoms with Gasteiger partial charge < -0.3 is 9.64 Å². The molecule has 4 nitrogen and oxygen atoms in total. The first-order valence-corrected chi connectivity index (χ1v) is 11.8. The third-order valence-electron chi connectivity index (χ3n) is 6.27. The lowest BCUT2D eigenvalue weighted by molar-refractivity contribution is -0.135. The Morgan fingerprint density at radius 1 is 1.09 bits per heavy atom. The van der Waals surface area contributed by atoms with Gasteiger partial charge in [-0.15, -0.1) is 0 Å². The second-order valence-electron chi connectivity index (χ2n) is 9.88. The first kappa shape index (κ1) is 25.2. The lowest BCUT2D eigenvalue weighted by atomic mass is 9.88. The van der Waals surface area contributed by atoms with E-state index >= 15 is 0 Å². The molecule has 1 amide bonds. The number of hydrogen-bond acceptors (Lipinski definition) is 3. The minimum Gasteiger partial charge on any atom is -0.497 e. The number of hydrogen-bond donors (Lipinski definition) is 0. The summed E-state index contributed by atoms with van der Waals surface area (Å²) in [6.07, 6.45) is 0. The fourth-order valence-corrected chi connectivity index (χ4v) is 4.76. The van der Waals surface area contributed by atoms with Crippen LogP contribution >= 0.6 is 0 Å². The predicted molar refractivity (Wildman–Crippen MR) is 127 cm³/mol. The maximum absolute atomic E-state index is 13.8. The molecule has 2 atom stereocenters. The Hall–Kier alpha value is -2.47. The minimum atomic E-state index is -0.830. The number of carbonyl (C=O) groups is 1. The SMILES string of the molecule is COc1cccc(C2CN(Cc3ccc(F)c(F)c3)CC2CN(CC(C)C)C(=O)C(C)C)c1. The topological polar surface area (TPSA) is 32.8 Å². The molecule has 3 rings (SSSR count). The van der Waals surface area contributed by atoms with Gasteiger partial charge in [-0.25, -0.2) is 8.78 Å². The summed E-state index contributed by atoms with van der Waals surface area (Å²) in [7, 11) is 1.66. The molecule has 0 saturated carbocycles. The fourth-order valence-electron chi connectivity index (χ4n) is 4.76. The Labute approximate surface area is 196 Å². The maximum atomic E-state index is 13.8. The molecule has 6 heteroatoms. The van der Waals surface area contributed by atoms with E-state index in [2.05, 4.69) is 30.9 Å². The molecule has 0 radical (unpaired) electrons. The number of carbonyl (C=O) groups excluding carboxylic acids is 1. The van der Waals surface area contributed by atoms with Gasteiger partial charge >= 0.3 is 0 Å². The van der Waals surface area contributed by atoms with Gasteiger partial charge in [-0.3, -0.25) is 9.69 Å². The second kappa shape index (κ2) is 11.1. The Kier molecular flexibility index (Phi) is 8.46. The lowest BCUT2D eigenvalue weighted by Crippen LogP contribution is -2.41. The van der Waals surface area contributed by atoms with Crippen LogP contribution in [-0.4, -0.2) is 49.0 Å². The second-order valence-corrected chi connectivity index (χ2v) is 9.88. The van der Waals surface area contributed by atoms with E-state index in [1.807, 2.05) is 30.9 Å². The predicted octanol–water partition coefficient (Wildman–Crippen LogP) is 5.33. The van der Waals surface area contributed by atoms with Crippen LogP contribution in [0.2, 0.25) is 0 Å². The van der Waals surface area contributed by atoms with Gasteiger partial charge in [0.15, 0.2) is 11.6 Å². The molecular formula is C27H36F2N2O2. The zero-order valence-electron chi connectivity index (χ0n) is 20.4. The molecule has 1 aliphatic rings. The van der Waals surface area contributed by atoms with Gasteiger partial charge in [0.05, 0.1) is 7.11 Å². The third kappa shape index (κ3) is 6.53. The van der Waals surface area contributed by atoms with E-state index in [-0.39, 0.29) is 23.7 Å². The third-order valence-corrected chi connectivity index (χ3v) is 6.27. The van der Waals surface area contributed by atoms with E-state index in [1.54, 1.807) is 13.2 Å². The van der Waals surface area contributed by atoms with Gasteiger partial charge in [0, 0.05) is 44.6 Å². The van der Waals surface area contributed by atoms with Crippen molar-refractivity contribution in [3.63, 3.8) is 0 Å². The number of rotatable bonds is 9. The molecule has 1 aliphatic heterocycles. The number of ether oxygens (including phenoxy) is 1. The van der Waals surface area contributed by atoms with Gasteiger partial charge in [0.25, 0.3) is 0 Å². The number of halogens is 2. The van der Waals surface area contributed by atoms with E-state index in [0.29, 0.717) is 19.0 Å². The molecule has 1 heterocycles. The summed E-state index contributed by atoms with van der Waals surface area (Å²) in [6.45, 7) is 11.6. The Bertz CT molecular complexity index is 947. The average Bonchev–Trinajstić information content (AvgIpc) is 3.17. The van der Waals surface area contributed by atoms with E-state index in [9.17, 15) is 13.6 Å². The highest BCUT2D eigenvalue weighted by atomic mass is 19.2. The summed E-state index contributed by atoms with van der Waals surface area (Å²) >= 11 is 0. The molecule has 2 aromatic rings. The average molecular weight is 459 g/mol. The summed E-state index contributed by atoms with van der Waals surface area (Å²) in [5.74, 6) is 0.0852. The van der Waals surface area contributed by atoms with Crippen LogP contribution in [0.4, 0.5) is 8.78 Å². The highest BCUT2D eigenvalue weighted by molar-refractivity contribution is 5.78. The van der Waals surface area contributed by atoms with Crippen molar-refractivity contribution >= 4 is 5.91 Å². The van der Waals surface area contributed by atoms with Crippen LogP contribution in [0.25, 0.3) is 0 Å². The highest BCUT2D eigenvalue weighted by Crippen LogP contribution is 2.36. The largest absolute Gasteiger partial charge is 0.497 e. The van der Waals surface area contributed by atoms with Crippen molar-refractivity contribution in [3.8, 4) is 5.75 Å². The minimum absolute atomic E-state index is 0.0567. The van der Waals surface area contributed by atoms with Crippen LogP contribution in [-0.2, 0) is 11.3 Å². The Morgan fingerprint density at radius 3 is 2.48 bits per heavy atom. The zero-order chi connectivity index (χ0) is 24.1. The Balaban J connectivity index is 1.85. The molecule has 2 aromatic carbocycles. The van der Waals surface area contributed by atoms with Crippen molar-refractivity contribution in [2.75, 3.05) is 33.3 Å². The van der Waals surface area contributed by atoms with E-state index in [0.717, 1.165) is 30.9 Å². The summed E-state index contributed by atoms with van der Waals surface area (Å²) in [4.78, 5) is 17.2. The highest BCUT2D eigenvalue weighted by Gasteiger charge is 2.36. The monoisotopic (exact) mass is 458 g/mol. The summed E-state index contributed by atoms with van der Waals surface area (Å²) in [5.41, 5.74) is 1.92. The number of likely N-dealkylation sites (tertiary alicyclic amines) is 1. The maximum Gasteiger partial charge on any atom is 0.225 e. The summed E-state index contributed by atoms with van der Waals surface area (Å²) < 4.78 is 32.6. The molecule has 33 heavy (non-hydrogen) atoms. The molecular weight excluding hydrogens is 422 g/mol. The first-order chi connectivity index (χ1) is 15.7. The van der Waals surface area contributed by atoms with Gasteiger partial charge in [-0.1, -0.05) is 45.9 Å². The lowest BCUT2D eigenvalue weighted by Gasteiger charge is -2.31. The van der Waals surface area contributed by atoms with Crippen LogP contribution in [0, 0.1) is 29.4 Å². The quantitative estimate of drug-likeness (QED) is 0.509. The van der Waals surface area contributed by atoms with E-state index in [4.69, 9.17) is 4.74 Å². The van der Waals surface area contributed by atoms with Crippen LogP contribution in [0.3, 0.4) is 0 Å². The van der Waals surface area contributed by atoms with Crippen LogP contribution in [0.5, 0.6) is 5.75 Å². The van der Waals surface area contributed by atoms with Gasteiger partial charge in [0.1, 0.15) is 5.75 Å². The van der Waals surface area contributed by atoms with Crippen LogP contribution < -0.4 is 4.74 Å². The first-order valence-electron chi connectivity index (χ1n) is 11.8. The number of methoxy groups -OCH3 is 1. The van der Waals surface area contributed by atoms with Crippen LogP contribution in [0.15, 0.2) is 42.5 Å². The molecule has 0 aliphatic carbocycles. The van der Waals surface area contributed by atoms with Crippen molar-refractivity contribution in [1.82, 2.24) is 9.80 Å². The normalized spacial score (nSPS) is 18.8. The van der Waals surface area contributed by atoms with Crippen molar-refractivity contribution in [2.45, 2.75) is 40.2 Å². The van der Waals surface area contributed by atoms with Gasteiger partial charge in [0.2, 0.25) is 5.91 Å². The number of benzene rings is 2. The number of nitrogens with zero attached hydrogens (tertiary/aromatic N) is 2. The van der Waals surface area contributed by atoms with Crippen molar-refractivity contribution < 1.29 is 18.3 Å². The van der Waals surface area contributed by atoms with Crippen molar-refractivity contribution in [3.05, 3.63) is 65.2 Å². The van der Waals surface area contributed by atoms with Gasteiger partial charge in [-0.2, -0.15) is 0 Å². The molecule has 2 unspecified atom stereocenters. The smallest absolute Gasteiger partial charge is 0.225 e. The summed E-state index contributed by atoms with van der Waals surface area (Å²) in [6, 6.07) is 12.2.